The first-order valence-electron chi connectivity index (χ1n) is 5.47. The van der Waals surface area contributed by atoms with Gasteiger partial charge in [-0.05, 0) is 26.7 Å². The molecule has 0 aliphatic heterocycles. The van der Waals surface area contributed by atoms with Crippen molar-refractivity contribution in [2.24, 2.45) is 0 Å². The summed E-state index contributed by atoms with van der Waals surface area (Å²) in [6, 6.07) is 0. The number of hydrogen-bond acceptors (Lipinski definition) is 4. The molecule has 0 saturated heterocycles. The molecule has 5 heteroatoms. The van der Waals surface area contributed by atoms with Crippen molar-refractivity contribution < 1.29 is 9.90 Å². The molecule has 1 unspecified atom stereocenters. The molecule has 1 heterocycles. The number of aromatic nitrogens is 1. The van der Waals surface area contributed by atoms with Crippen LogP contribution in [-0.2, 0) is 6.42 Å². The van der Waals surface area contributed by atoms with Gasteiger partial charge in [-0.25, -0.2) is 4.98 Å². The number of nitrogens with one attached hydrogen (secondary N) is 1. The topological polar surface area (TPSA) is 62.2 Å². The average Bonchev–Trinajstić information content (AvgIpc) is 2.56. The number of nitrogens with zero attached hydrogens (tertiary/aromatic N) is 1. The van der Waals surface area contributed by atoms with E-state index in [9.17, 15) is 4.79 Å². The first kappa shape index (κ1) is 13.1. The minimum atomic E-state index is -0.521. The Labute approximate surface area is 99.7 Å². The van der Waals surface area contributed by atoms with E-state index < -0.39 is 6.10 Å². The zero-order valence-electron chi connectivity index (χ0n) is 9.91. The van der Waals surface area contributed by atoms with E-state index in [1.807, 2.05) is 6.92 Å². The van der Waals surface area contributed by atoms with Crippen LogP contribution in [0.3, 0.4) is 0 Å². The molecular weight excluding hydrogens is 224 g/mol. The zero-order valence-corrected chi connectivity index (χ0v) is 10.7. The summed E-state index contributed by atoms with van der Waals surface area (Å²) in [7, 11) is 0. The summed E-state index contributed by atoms with van der Waals surface area (Å²) in [6.07, 6.45) is 1.42. The van der Waals surface area contributed by atoms with Gasteiger partial charge in [0.1, 0.15) is 4.88 Å². The highest BCUT2D eigenvalue weighted by molar-refractivity contribution is 7.13. The third kappa shape index (κ3) is 3.57. The molecule has 0 aliphatic carbocycles. The average molecular weight is 242 g/mol. The number of amides is 1. The number of thiazole rings is 1. The second kappa shape index (κ2) is 5.96. The molecule has 16 heavy (non-hydrogen) atoms. The molecule has 1 aromatic heterocycles. The Morgan fingerprint density at radius 2 is 2.31 bits per heavy atom. The molecule has 0 radical (unpaired) electrons. The molecular formula is C11H18N2O2S. The summed E-state index contributed by atoms with van der Waals surface area (Å²) in [6.45, 7) is 5.85. The quantitative estimate of drug-likeness (QED) is 0.823. The summed E-state index contributed by atoms with van der Waals surface area (Å²) in [5.41, 5.74) is 0.775. The predicted molar refractivity (Wildman–Crippen MR) is 64.9 cm³/mol. The van der Waals surface area contributed by atoms with Gasteiger partial charge in [-0.1, -0.05) is 6.92 Å². The van der Waals surface area contributed by atoms with Crippen LogP contribution in [0, 0.1) is 6.92 Å². The Kier molecular flexibility index (Phi) is 4.89. The molecule has 2 N–H and O–H groups in total. The lowest BCUT2D eigenvalue weighted by Gasteiger charge is -2.05. The predicted octanol–water partition coefficient (Wildman–Crippen LogP) is 1.51. The van der Waals surface area contributed by atoms with Crippen molar-refractivity contribution in [1.29, 1.82) is 0 Å². The van der Waals surface area contributed by atoms with Crippen LogP contribution in [0.2, 0.25) is 0 Å². The summed E-state index contributed by atoms with van der Waals surface area (Å²) in [4.78, 5) is 16.7. The van der Waals surface area contributed by atoms with Gasteiger partial charge in [0.25, 0.3) is 5.91 Å². The van der Waals surface area contributed by atoms with Crippen LogP contribution in [0.25, 0.3) is 0 Å². The van der Waals surface area contributed by atoms with Gasteiger partial charge in [-0.2, -0.15) is 0 Å². The first-order valence-corrected chi connectivity index (χ1v) is 6.28. The van der Waals surface area contributed by atoms with Gasteiger partial charge in [-0.3, -0.25) is 4.79 Å². The highest BCUT2D eigenvalue weighted by Gasteiger charge is 2.14. The maximum atomic E-state index is 11.7. The fraction of sp³-hybridized carbons (Fsp3) is 0.636. The lowest BCUT2D eigenvalue weighted by atomic mass is 10.3. The summed E-state index contributed by atoms with van der Waals surface area (Å²) >= 11 is 1.44. The lowest BCUT2D eigenvalue weighted by Crippen LogP contribution is -2.30. The molecule has 1 aromatic rings. The molecule has 1 amide bonds. The Morgan fingerprint density at radius 3 is 2.88 bits per heavy atom. The molecule has 1 rings (SSSR count). The number of aryl methyl sites for hydroxylation is 2. The molecule has 4 nitrogen and oxygen atoms in total. The fourth-order valence-corrected chi connectivity index (χ4v) is 2.39. The maximum Gasteiger partial charge on any atom is 0.263 e. The summed E-state index contributed by atoms with van der Waals surface area (Å²) in [5, 5.41) is 12.8. The van der Waals surface area contributed by atoms with Crippen LogP contribution in [-0.4, -0.2) is 28.6 Å². The smallest absolute Gasteiger partial charge is 0.263 e. The minimum Gasteiger partial charge on any atom is -0.392 e. The molecule has 0 spiro atoms. The number of carbonyl (C=O) groups excluding carboxylic acids is 1. The first-order chi connectivity index (χ1) is 7.54. The van der Waals surface area contributed by atoms with Crippen LogP contribution in [0.15, 0.2) is 0 Å². The van der Waals surface area contributed by atoms with Crippen LogP contribution in [0.5, 0.6) is 0 Å². The monoisotopic (exact) mass is 242 g/mol. The third-order valence-electron chi connectivity index (χ3n) is 2.07. The Balaban J connectivity index is 2.67. The SMILES string of the molecule is CCCc1nc(C)c(C(=O)NCC(C)O)s1. The number of aliphatic hydroxyl groups is 1. The minimum absolute atomic E-state index is 0.141. The van der Waals surface area contributed by atoms with Gasteiger partial charge in [0, 0.05) is 6.54 Å². The van der Waals surface area contributed by atoms with Crippen LogP contribution < -0.4 is 5.32 Å². The Bertz CT molecular complexity index is 361. The van der Waals surface area contributed by atoms with E-state index in [1.165, 1.54) is 11.3 Å². The van der Waals surface area contributed by atoms with Crippen LogP contribution in [0.4, 0.5) is 0 Å². The molecule has 90 valence electrons. The van der Waals surface area contributed by atoms with Gasteiger partial charge >= 0.3 is 0 Å². The van der Waals surface area contributed by atoms with Gasteiger partial charge in [0.15, 0.2) is 0 Å². The zero-order chi connectivity index (χ0) is 12.1. The van der Waals surface area contributed by atoms with Crippen LogP contribution >= 0.6 is 11.3 Å². The number of carbonyl (C=O) groups is 1. The fourth-order valence-electron chi connectivity index (χ4n) is 1.30. The van der Waals surface area contributed by atoms with Crippen molar-refractivity contribution >= 4 is 17.2 Å². The summed E-state index contributed by atoms with van der Waals surface area (Å²) in [5.74, 6) is -0.141. The van der Waals surface area contributed by atoms with Crippen molar-refractivity contribution in [3.63, 3.8) is 0 Å². The Hall–Kier alpha value is -0.940. The molecule has 0 aliphatic rings. The van der Waals surface area contributed by atoms with E-state index in [0.717, 1.165) is 23.5 Å². The van der Waals surface area contributed by atoms with Crippen LogP contribution in [0.1, 0.15) is 40.6 Å². The standard InChI is InChI=1S/C11H18N2O2S/c1-4-5-9-13-8(3)10(16-9)11(15)12-6-7(2)14/h7,14H,4-6H2,1-3H3,(H,12,15). The third-order valence-corrected chi connectivity index (χ3v) is 3.28. The van der Waals surface area contributed by atoms with E-state index in [1.54, 1.807) is 6.92 Å². The van der Waals surface area contributed by atoms with Gasteiger partial charge in [0.2, 0.25) is 0 Å². The van der Waals surface area contributed by atoms with Gasteiger partial charge < -0.3 is 10.4 Å². The largest absolute Gasteiger partial charge is 0.392 e. The maximum absolute atomic E-state index is 11.7. The molecule has 0 aromatic carbocycles. The van der Waals surface area contributed by atoms with Crippen molar-refractivity contribution in [2.45, 2.75) is 39.7 Å². The van der Waals surface area contributed by atoms with E-state index in [2.05, 4.69) is 17.2 Å². The van der Waals surface area contributed by atoms with Gasteiger partial charge in [-0.15, -0.1) is 11.3 Å². The number of rotatable bonds is 5. The van der Waals surface area contributed by atoms with E-state index in [0.29, 0.717) is 4.88 Å². The normalized spacial score (nSPS) is 12.5. The molecule has 0 bridgehead atoms. The van der Waals surface area contributed by atoms with Crippen molar-refractivity contribution in [3.05, 3.63) is 15.6 Å². The lowest BCUT2D eigenvalue weighted by molar-refractivity contribution is 0.0927. The number of hydrogen-bond donors (Lipinski definition) is 2. The second-order valence-electron chi connectivity index (χ2n) is 3.83. The van der Waals surface area contributed by atoms with Crippen molar-refractivity contribution in [3.8, 4) is 0 Å². The van der Waals surface area contributed by atoms with Crippen molar-refractivity contribution in [1.82, 2.24) is 10.3 Å². The highest BCUT2D eigenvalue weighted by Crippen LogP contribution is 2.19. The second-order valence-corrected chi connectivity index (χ2v) is 4.91. The van der Waals surface area contributed by atoms with Gasteiger partial charge in [0.05, 0.1) is 16.8 Å². The molecule has 1 atom stereocenters. The van der Waals surface area contributed by atoms with E-state index >= 15 is 0 Å². The molecule has 0 fully saturated rings. The van der Waals surface area contributed by atoms with E-state index in [-0.39, 0.29) is 12.5 Å². The molecule has 0 saturated carbocycles. The highest BCUT2D eigenvalue weighted by atomic mass is 32.1. The number of aliphatic hydroxyl groups excluding tert-OH is 1. The Morgan fingerprint density at radius 1 is 1.62 bits per heavy atom. The van der Waals surface area contributed by atoms with E-state index in [4.69, 9.17) is 5.11 Å². The summed E-state index contributed by atoms with van der Waals surface area (Å²) < 4.78 is 0. The van der Waals surface area contributed by atoms with Crippen molar-refractivity contribution in [2.75, 3.05) is 6.54 Å².